The molecule has 0 heterocycles. The molecule has 0 aliphatic rings. The summed E-state index contributed by atoms with van der Waals surface area (Å²) in [6.07, 6.45) is 1.64. The topological polar surface area (TPSA) is 34.1 Å². The molecule has 68 valence electrons. The largest absolute Gasteiger partial charge is 0.303 e. The predicted octanol–water partition coefficient (Wildman–Crippen LogP) is 2.11. The number of aldehydes is 2. The quantitative estimate of drug-likeness (QED) is 0.661. The van der Waals surface area contributed by atoms with E-state index in [9.17, 15) is 9.59 Å². The molecule has 2 nitrogen and oxygen atoms in total. The highest BCUT2D eigenvalue weighted by atomic mass is 16.1. The van der Waals surface area contributed by atoms with Crippen LogP contribution in [0.4, 0.5) is 0 Å². The van der Waals surface area contributed by atoms with Crippen LogP contribution in [-0.4, -0.2) is 12.6 Å². The molecule has 1 aromatic rings. The Balaban J connectivity index is 3.22. The molecule has 0 saturated carbocycles. The number of aryl methyl sites for hydroxylation is 1. The molecule has 1 atom stereocenters. The van der Waals surface area contributed by atoms with Crippen molar-refractivity contribution in [3.8, 4) is 0 Å². The van der Waals surface area contributed by atoms with Gasteiger partial charge in [0.1, 0.15) is 12.6 Å². The van der Waals surface area contributed by atoms with Crippen LogP contribution in [0.15, 0.2) is 18.2 Å². The molecule has 0 aliphatic heterocycles. The van der Waals surface area contributed by atoms with Gasteiger partial charge >= 0.3 is 0 Å². The molecule has 0 amide bonds. The third kappa shape index (κ3) is 2.02. The summed E-state index contributed by atoms with van der Waals surface area (Å²) in [6, 6.07) is 5.49. The SMILES string of the molecule is Cc1ccc(C=O)c(C(C)C=O)c1. The van der Waals surface area contributed by atoms with Crippen molar-refractivity contribution in [2.75, 3.05) is 0 Å². The maximum atomic E-state index is 10.6. The first-order valence-electron chi connectivity index (χ1n) is 4.20. The molecule has 0 bridgehead atoms. The highest BCUT2D eigenvalue weighted by Gasteiger charge is 2.08. The maximum absolute atomic E-state index is 10.6. The predicted molar refractivity (Wildman–Crippen MR) is 51.0 cm³/mol. The van der Waals surface area contributed by atoms with E-state index in [0.717, 1.165) is 23.7 Å². The molecule has 0 saturated heterocycles. The van der Waals surface area contributed by atoms with E-state index in [0.29, 0.717) is 5.56 Å². The summed E-state index contributed by atoms with van der Waals surface area (Å²) in [5, 5.41) is 0. The van der Waals surface area contributed by atoms with Gasteiger partial charge in [0, 0.05) is 11.5 Å². The fourth-order valence-corrected chi connectivity index (χ4v) is 1.27. The van der Waals surface area contributed by atoms with Gasteiger partial charge in [-0.05, 0) is 12.5 Å². The summed E-state index contributed by atoms with van der Waals surface area (Å²) in [7, 11) is 0. The second kappa shape index (κ2) is 3.99. The van der Waals surface area contributed by atoms with Crippen molar-refractivity contribution in [3.63, 3.8) is 0 Å². The van der Waals surface area contributed by atoms with Gasteiger partial charge in [-0.3, -0.25) is 4.79 Å². The molecular weight excluding hydrogens is 164 g/mol. The maximum Gasteiger partial charge on any atom is 0.150 e. The standard InChI is InChI=1S/C11H12O2/c1-8-3-4-10(7-13)11(5-8)9(2)6-12/h3-7,9H,1-2H3. The van der Waals surface area contributed by atoms with E-state index < -0.39 is 0 Å². The fraction of sp³-hybridized carbons (Fsp3) is 0.273. The van der Waals surface area contributed by atoms with Crippen LogP contribution in [0.1, 0.15) is 34.3 Å². The second-order valence-corrected chi connectivity index (χ2v) is 3.17. The molecule has 1 aromatic carbocycles. The lowest BCUT2D eigenvalue weighted by Crippen LogP contribution is -2.00. The van der Waals surface area contributed by atoms with E-state index in [-0.39, 0.29) is 5.92 Å². The summed E-state index contributed by atoms with van der Waals surface area (Å²) in [6.45, 7) is 3.73. The molecule has 13 heavy (non-hydrogen) atoms. The van der Waals surface area contributed by atoms with E-state index in [4.69, 9.17) is 0 Å². The van der Waals surface area contributed by atoms with Crippen LogP contribution in [0.2, 0.25) is 0 Å². The van der Waals surface area contributed by atoms with Crippen LogP contribution in [0, 0.1) is 6.92 Å². The Bertz CT molecular complexity index is 329. The van der Waals surface area contributed by atoms with E-state index >= 15 is 0 Å². The zero-order valence-electron chi connectivity index (χ0n) is 7.78. The van der Waals surface area contributed by atoms with Crippen molar-refractivity contribution in [1.29, 1.82) is 0 Å². The van der Waals surface area contributed by atoms with Gasteiger partial charge in [-0.1, -0.05) is 30.7 Å². The molecule has 0 aliphatic carbocycles. The number of hydrogen-bond acceptors (Lipinski definition) is 2. The first-order chi connectivity index (χ1) is 6.19. The molecule has 1 rings (SSSR count). The summed E-state index contributed by atoms with van der Waals surface area (Å²) in [4.78, 5) is 21.2. The summed E-state index contributed by atoms with van der Waals surface area (Å²) < 4.78 is 0. The average Bonchev–Trinajstić information content (AvgIpc) is 2.16. The summed E-state index contributed by atoms with van der Waals surface area (Å²) >= 11 is 0. The highest BCUT2D eigenvalue weighted by Crippen LogP contribution is 2.18. The molecule has 1 unspecified atom stereocenters. The third-order valence-electron chi connectivity index (χ3n) is 2.06. The number of carbonyl (C=O) groups is 2. The van der Waals surface area contributed by atoms with Crippen LogP contribution in [0.25, 0.3) is 0 Å². The fourth-order valence-electron chi connectivity index (χ4n) is 1.27. The van der Waals surface area contributed by atoms with Gasteiger partial charge in [0.2, 0.25) is 0 Å². The number of carbonyl (C=O) groups excluding carboxylic acids is 2. The zero-order valence-corrected chi connectivity index (χ0v) is 7.78. The first kappa shape index (κ1) is 9.65. The number of rotatable bonds is 3. The smallest absolute Gasteiger partial charge is 0.150 e. The van der Waals surface area contributed by atoms with Crippen molar-refractivity contribution < 1.29 is 9.59 Å². The number of hydrogen-bond donors (Lipinski definition) is 0. The van der Waals surface area contributed by atoms with E-state index in [1.165, 1.54) is 0 Å². The number of benzene rings is 1. The van der Waals surface area contributed by atoms with Crippen LogP contribution >= 0.6 is 0 Å². The molecular formula is C11H12O2. The molecule has 0 spiro atoms. The van der Waals surface area contributed by atoms with Gasteiger partial charge in [-0.15, -0.1) is 0 Å². The van der Waals surface area contributed by atoms with Crippen molar-refractivity contribution >= 4 is 12.6 Å². The second-order valence-electron chi connectivity index (χ2n) is 3.17. The lowest BCUT2D eigenvalue weighted by atomic mass is 9.96. The molecule has 0 N–H and O–H groups in total. The van der Waals surface area contributed by atoms with Crippen molar-refractivity contribution in [1.82, 2.24) is 0 Å². The average molecular weight is 176 g/mol. The van der Waals surface area contributed by atoms with Gasteiger partial charge in [-0.2, -0.15) is 0 Å². The Morgan fingerprint density at radius 1 is 1.31 bits per heavy atom. The van der Waals surface area contributed by atoms with Gasteiger partial charge < -0.3 is 4.79 Å². The van der Waals surface area contributed by atoms with Gasteiger partial charge in [0.25, 0.3) is 0 Å². The van der Waals surface area contributed by atoms with Gasteiger partial charge in [-0.25, -0.2) is 0 Å². The monoisotopic (exact) mass is 176 g/mol. The Morgan fingerprint density at radius 3 is 2.54 bits per heavy atom. The summed E-state index contributed by atoms with van der Waals surface area (Å²) in [5.74, 6) is -0.208. The van der Waals surface area contributed by atoms with E-state index in [1.807, 2.05) is 19.1 Å². The normalized spacial score (nSPS) is 12.2. The van der Waals surface area contributed by atoms with Gasteiger partial charge in [0.15, 0.2) is 0 Å². The minimum absolute atomic E-state index is 0.208. The minimum atomic E-state index is -0.208. The lowest BCUT2D eigenvalue weighted by molar-refractivity contribution is -0.108. The van der Waals surface area contributed by atoms with Crippen molar-refractivity contribution in [2.45, 2.75) is 19.8 Å². The van der Waals surface area contributed by atoms with Crippen molar-refractivity contribution in [3.05, 3.63) is 34.9 Å². The van der Waals surface area contributed by atoms with Crippen LogP contribution in [0.5, 0.6) is 0 Å². The Kier molecular flexibility index (Phi) is 2.96. The first-order valence-corrected chi connectivity index (χ1v) is 4.20. The third-order valence-corrected chi connectivity index (χ3v) is 2.06. The zero-order chi connectivity index (χ0) is 9.84. The Morgan fingerprint density at radius 2 is 2.00 bits per heavy atom. The van der Waals surface area contributed by atoms with Crippen LogP contribution in [-0.2, 0) is 4.79 Å². The molecule has 0 radical (unpaired) electrons. The summed E-state index contributed by atoms with van der Waals surface area (Å²) in [5.41, 5.74) is 2.48. The van der Waals surface area contributed by atoms with Crippen LogP contribution in [0.3, 0.4) is 0 Å². The van der Waals surface area contributed by atoms with Crippen LogP contribution < -0.4 is 0 Å². The van der Waals surface area contributed by atoms with Crippen molar-refractivity contribution in [2.24, 2.45) is 0 Å². The molecule has 0 fully saturated rings. The highest BCUT2D eigenvalue weighted by molar-refractivity contribution is 5.80. The lowest BCUT2D eigenvalue weighted by Gasteiger charge is -2.07. The molecule has 2 heteroatoms. The van der Waals surface area contributed by atoms with Gasteiger partial charge in [0.05, 0.1) is 0 Å². The van der Waals surface area contributed by atoms with E-state index in [1.54, 1.807) is 13.0 Å². The Hall–Kier alpha value is -1.44. The Labute approximate surface area is 77.6 Å². The molecule has 0 aromatic heterocycles. The minimum Gasteiger partial charge on any atom is -0.303 e. The van der Waals surface area contributed by atoms with E-state index in [2.05, 4.69) is 0 Å².